The number of rotatable bonds is 5. The highest BCUT2D eigenvalue weighted by Gasteiger charge is 2.23. The molecule has 2 aromatic carbocycles. The molecule has 0 spiro atoms. The van der Waals surface area contributed by atoms with E-state index in [1.165, 1.54) is 0 Å². The van der Waals surface area contributed by atoms with Crippen LogP contribution in [0.3, 0.4) is 0 Å². The van der Waals surface area contributed by atoms with Gasteiger partial charge in [-0.15, -0.1) is 0 Å². The van der Waals surface area contributed by atoms with Gasteiger partial charge in [0.15, 0.2) is 0 Å². The molecule has 3 nitrogen and oxygen atoms in total. The molecule has 112 valence electrons. The normalized spacial score (nSPS) is 13.3. The lowest BCUT2D eigenvalue weighted by Crippen LogP contribution is -2.31. The highest BCUT2D eigenvalue weighted by atomic mass is 32.2. The summed E-state index contributed by atoms with van der Waals surface area (Å²) >= 11 is 0. The number of nitrogens with one attached hydrogen (secondary N) is 1. The summed E-state index contributed by atoms with van der Waals surface area (Å²) in [5.74, 6) is 0.160. The number of aryl methyl sites for hydroxylation is 1. The van der Waals surface area contributed by atoms with Crippen molar-refractivity contribution in [2.45, 2.75) is 31.7 Å². The smallest absolute Gasteiger partial charge is 0.207 e. The van der Waals surface area contributed by atoms with E-state index in [1.807, 2.05) is 63.2 Å². The molecule has 0 radical (unpaired) electrons. The third-order valence-corrected chi connectivity index (χ3v) is 4.90. The Morgan fingerprint density at radius 3 is 2.00 bits per heavy atom. The predicted octanol–water partition coefficient (Wildman–Crippen LogP) is 3.67. The average molecular weight is 303 g/mol. The summed E-state index contributed by atoms with van der Waals surface area (Å²) < 4.78 is 27.9. The van der Waals surface area contributed by atoms with Gasteiger partial charge in [0, 0.05) is 6.04 Å². The van der Waals surface area contributed by atoms with E-state index in [-0.39, 0.29) is 12.0 Å². The molecular formula is C17H21NO2S. The summed E-state index contributed by atoms with van der Waals surface area (Å²) in [6.45, 7) is 5.95. The SMILES string of the molecule is Cc1ccc(S(=O)(=O)NC(c2ccccc2)C(C)C)cc1. The molecule has 21 heavy (non-hydrogen) atoms. The first-order valence-electron chi connectivity index (χ1n) is 7.04. The van der Waals surface area contributed by atoms with Crippen LogP contribution < -0.4 is 4.72 Å². The van der Waals surface area contributed by atoms with Gasteiger partial charge in [-0.25, -0.2) is 13.1 Å². The molecule has 0 bridgehead atoms. The van der Waals surface area contributed by atoms with Crippen molar-refractivity contribution < 1.29 is 8.42 Å². The van der Waals surface area contributed by atoms with Gasteiger partial charge in [-0.2, -0.15) is 0 Å². The zero-order valence-corrected chi connectivity index (χ0v) is 13.4. The Bertz CT molecular complexity index is 676. The number of hydrogen-bond donors (Lipinski definition) is 1. The summed E-state index contributed by atoms with van der Waals surface area (Å²) in [5.41, 5.74) is 2.01. The van der Waals surface area contributed by atoms with Crippen LogP contribution in [0.5, 0.6) is 0 Å². The van der Waals surface area contributed by atoms with Crippen molar-refractivity contribution in [3.8, 4) is 0 Å². The summed E-state index contributed by atoms with van der Waals surface area (Å²) in [5, 5.41) is 0. The highest BCUT2D eigenvalue weighted by Crippen LogP contribution is 2.24. The molecular weight excluding hydrogens is 282 g/mol. The number of sulfonamides is 1. The first kappa shape index (κ1) is 15.7. The molecule has 4 heteroatoms. The average Bonchev–Trinajstić information content (AvgIpc) is 2.46. The molecule has 1 atom stereocenters. The van der Waals surface area contributed by atoms with Crippen molar-refractivity contribution in [3.05, 3.63) is 65.7 Å². The fraction of sp³-hybridized carbons (Fsp3) is 0.294. The van der Waals surface area contributed by atoms with Gasteiger partial charge in [0.25, 0.3) is 0 Å². The molecule has 0 aliphatic rings. The fourth-order valence-electron chi connectivity index (χ4n) is 2.20. The molecule has 0 aliphatic heterocycles. The van der Waals surface area contributed by atoms with Crippen LogP contribution in [0, 0.1) is 12.8 Å². The Kier molecular flexibility index (Phi) is 4.80. The molecule has 2 aromatic rings. The van der Waals surface area contributed by atoms with Crippen LogP contribution in [0.25, 0.3) is 0 Å². The Morgan fingerprint density at radius 2 is 1.48 bits per heavy atom. The molecule has 0 saturated carbocycles. The molecule has 2 rings (SSSR count). The Morgan fingerprint density at radius 1 is 0.905 bits per heavy atom. The van der Waals surface area contributed by atoms with Gasteiger partial charge >= 0.3 is 0 Å². The quantitative estimate of drug-likeness (QED) is 0.916. The first-order chi connectivity index (χ1) is 9.90. The van der Waals surface area contributed by atoms with Gasteiger partial charge < -0.3 is 0 Å². The van der Waals surface area contributed by atoms with E-state index < -0.39 is 10.0 Å². The second-order valence-corrected chi connectivity index (χ2v) is 7.28. The monoisotopic (exact) mass is 303 g/mol. The third kappa shape index (κ3) is 3.93. The predicted molar refractivity (Wildman–Crippen MR) is 85.5 cm³/mol. The van der Waals surface area contributed by atoms with E-state index in [2.05, 4.69) is 4.72 Å². The largest absolute Gasteiger partial charge is 0.241 e. The molecule has 1 N–H and O–H groups in total. The van der Waals surface area contributed by atoms with Crippen molar-refractivity contribution in [1.29, 1.82) is 0 Å². The van der Waals surface area contributed by atoms with E-state index in [4.69, 9.17) is 0 Å². The molecule has 0 aliphatic carbocycles. The van der Waals surface area contributed by atoms with Crippen LogP contribution in [-0.2, 0) is 10.0 Å². The van der Waals surface area contributed by atoms with E-state index in [0.717, 1.165) is 11.1 Å². The minimum Gasteiger partial charge on any atom is -0.207 e. The molecule has 0 fully saturated rings. The lowest BCUT2D eigenvalue weighted by molar-refractivity contribution is 0.463. The number of hydrogen-bond acceptors (Lipinski definition) is 2. The molecule has 0 amide bonds. The van der Waals surface area contributed by atoms with Gasteiger partial charge in [-0.05, 0) is 30.5 Å². The van der Waals surface area contributed by atoms with Crippen molar-refractivity contribution in [3.63, 3.8) is 0 Å². The minimum atomic E-state index is -3.52. The van der Waals surface area contributed by atoms with E-state index >= 15 is 0 Å². The van der Waals surface area contributed by atoms with E-state index in [1.54, 1.807) is 12.1 Å². The van der Waals surface area contributed by atoms with Crippen molar-refractivity contribution in [2.75, 3.05) is 0 Å². The standard InChI is InChI=1S/C17H21NO2S/c1-13(2)17(15-7-5-4-6-8-15)18-21(19,20)16-11-9-14(3)10-12-16/h4-13,17-18H,1-3H3. The van der Waals surface area contributed by atoms with Crippen LogP contribution in [0.4, 0.5) is 0 Å². The Labute approximate surface area is 127 Å². The summed E-state index contributed by atoms with van der Waals surface area (Å²) in [6.07, 6.45) is 0. The fourth-order valence-corrected chi connectivity index (χ4v) is 3.58. The lowest BCUT2D eigenvalue weighted by Gasteiger charge is -2.22. The Hall–Kier alpha value is -1.65. The maximum Gasteiger partial charge on any atom is 0.241 e. The van der Waals surface area contributed by atoms with E-state index in [0.29, 0.717) is 4.90 Å². The molecule has 0 heterocycles. The molecule has 0 saturated heterocycles. The van der Waals surface area contributed by atoms with Crippen LogP contribution in [-0.4, -0.2) is 8.42 Å². The van der Waals surface area contributed by atoms with Gasteiger partial charge in [0.1, 0.15) is 0 Å². The van der Waals surface area contributed by atoms with Gasteiger partial charge in [0.2, 0.25) is 10.0 Å². The van der Waals surface area contributed by atoms with Crippen LogP contribution in [0.15, 0.2) is 59.5 Å². The van der Waals surface area contributed by atoms with Gasteiger partial charge in [-0.3, -0.25) is 0 Å². The molecule has 1 unspecified atom stereocenters. The lowest BCUT2D eigenvalue weighted by atomic mass is 9.97. The first-order valence-corrected chi connectivity index (χ1v) is 8.52. The highest BCUT2D eigenvalue weighted by molar-refractivity contribution is 7.89. The van der Waals surface area contributed by atoms with E-state index in [9.17, 15) is 8.42 Å². The molecule has 0 aromatic heterocycles. The zero-order valence-electron chi connectivity index (χ0n) is 12.6. The van der Waals surface area contributed by atoms with Crippen LogP contribution in [0.1, 0.15) is 31.0 Å². The van der Waals surface area contributed by atoms with Crippen LogP contribution in [0.2, 0.25) is 0 Å². The maximum absolute atomic E-state index is 12.5. The van der Waals surface area contributed by atoms with Gasteiger partial charge in [-0.1, -0.05) is 61.9 Å². The van der Waals surface area contributed by atoms with Crippen molar-refractivity contribution >= 4 is 10.0 Å². The zero-order chi connectivity index (χ0) is 15.5. The summed E-state index contributed by atoms with van der Waals surface area (Å²) in [4.78, 5) is 0.301. The minimum absolute atomic E-state index is 0.160. The third-order valence-electron chi connectivity index (χ3n) is 3.44. The number of benzene rings is 2. The topological polar surface area (TPSA) is 46.2 Å². The summed E-state index contributed by atoms with van der Waals surface area (Å²) in [7, 11) is -3.52. The Balaban J connectivity index is 2.30. The van der Waals surface area contributed by atoms with Gasteiger partial charge in [0.05, 0.1) is 4.90 Å². The second-order valence-electron chi connectivity index (χ2n) is 5.57. The summed E-state index contributed by atoms with van der Waals surface area (Å²) in [6, 6.07) is 16.3. The second kappa shape index (κ2) is 6.41. The van der Waals surface area contributed by atoms with Crippen molar-refractivity contribution in [1.82, 2.24) is 4.72 Å². The van der Waals surface area contributed by atoms with Crippen molar-refractivity contribution in [2.24, 2.45) is 5.92 Å². The maximum atomic E-state index is 12.5. The van der Waals surface area contributed by atoms with Crippen LogP contribution >= 0.6 is 0 Å².